The monoisotopic (exact) mass is 59.1 g/mol. The molecule has 0 aromatic heterocycles. The van der Waals surface area contributed by atoms with Crippen LogP contribution in [0.25, 0.3) is 0 Å². The van der Waals surface area contributed by atoms with Crippen LogP contribution in [0.5, 0.6) is 0 Å². The van der Waals surface area contributed by atoms with Crippen LogP contribution in [-0.4, -0.2) is 18.7 Å². The summed E-state index contributed by atoms with van der Waals surface area (Å²) in [7, 11) is 2.06. The highest BCUT2D eigenvalue weighted by molar-refractivity contribution is 4.14. The fraction of sp³-hybridized carbons (Fsp3) is 1.00. The first kappa shape index (κ1) is 2.18. The SMILES string of the molecule is CN1C[NH2+]1. The predicted octanol–water partition coefficient (Wildman–Crippen LogP) is -1.63. The Balaban J connectivity index is 2.17. The van der Waals surface area contributed by atoms with Gasteiger partial charge in [-0.25, -0.2) is 5.43 Å². The lowest BCUT2D eigenvalue weighted by molar-refractivity contribution is -0.571. The summed E-state index contributed by atoms with van der Waals surface area (Å²) in [5, 5.41) is 2.12. The third-order valence-corrected chi connectivity index (χ3v) is 0.548. The lowest BCUT2D eigenvalue weighted by Gasteiger charge is -1.55. The minimum Gasteiger partial charge on any atom is -0.245 e. The zero-order valence-electron chi connectivity index (χ0n) is 2.73. The van der Waals surface area contributed by atoms with Gasteiger partial charge in [-0.1, -0.05) is 0 Å². The summed E-state index contributed by atoms with van der Waals surface area (Å²) in [5.74, 6) is 0. The molecule has 0 bridgehead atoms. The molecule has 24 valence electrons. The van der Waals surface area contributed by atoms with Crippen molar-refractivity contribution in [2.75, 3.05) is 13.7 Å². The Morgan fingerprint density at radius 3 is 2.25 bits per heavy atom. The van der Waals surface area contributed by atoms with Crippen LogP contribution >= 0.6 is 0 Å². The van der Waals surface area contributed by atoms with Crippen molar-refractivity contribution in [3.8, 4) is 0 Å². The summed E-state index contributed by atoms with van der Waals surface area (Å²) >= 11 is 0. The minimum atomic E-state index is 1.19. The fourth-order valence-corrected chi connectivity index (χ4v) is 0.0816. The van der Waals surface area contributed by atoms with Crippen LogP contribution in [0.3, 0.4) is 0 Å². The van der Waals surface area contributed by atoms with Gasteiger partial charge in [0.05, 0.1) is 0 Å². The molecule has 0 aliphatic carbocycles. The van der Waals surface area contributed by atoms with Crippen LogP contribution in [0.2, 0.25) is 0 Å². The summed E-state index contributed by atoms with van der Waals surface area (Å²) in [4.78, 5) is 0. The molecule has 0 amide bonds. The normalized spacial score (nSPS) is 39.8. The molecule has 1 heterocycles. The van der Waals surface area contributed by atoms with Crippen LogP contribution in [-0.2, 0) is 0 Å². The maximum Gasteiger partial charge on any atom is 0.192 e. The molecule has 0 radical (unpaired) electrons. The fourth-order valence-electron chi connectivity index (χ4n) is 0.0816. The van der Waals surface area contributed by atoms with Gasteiger partial charge >= 0.3 is 0 Å². The van der Waals surface area contributed by atoms with Gasteiger partial charge in [0.25, 0.3) is 0 Å². The van der Waals surface area contributed by atoms with Crippen molar-refractivity contribution in [1.82, 2.24) is 5.01 Å². The lowest BCUT2D eigenvalue weighted by atomic mass is 11.3. The standard InChI is InChI=1S/C2H6N2/c1-4-2-3-4/h3H,2H2,1H3/p+1. The molecule has 1 saturated heterocycles. The number of hydrogen-bond donors (Lipinski definition) is 1. The van der Waals surface area contributed by atoms with Crippen molar-refractivity contribution >= 4 is 0 Å². The average molecular weight is 59.1 g/mol. The van der Waals surface area contributed by atoms with Gasteiger partial charge in [0.1, 0.15) is 0 Å². The molecule has 0 aromatic rings. The average Bonchev–Trinajstić information content (AvgIpc) is 1.75. The second kappa shape index (κ2) is 0.445. The minimum absolute atomic E-state index is 1.19. The second-order valence-corrected chi connectivity index (χ2v) is 1.12. The van der Waals surface area contributed by atoms with E-state index < -0.39 is 0 Å². The first-order valence-corrected chi connectivity index (χ1v) is 1.43. The van der Waals surface area contributed by atoms with E-state index in [2.05, 4.69) is 17.5 Å². The van der Waals surface area contributed by atoms with Gasteiger partial charge in [-0.3, -0.25) is 0 Å². The zero-order valence-corrected chi connectivity index (χ0v) is 2.73. The largest absolute Gasteiger partial charge is 0.245 e. The van der Waals surface area contributed by atoms with E-state index >= 15 is 0 Å². The van der Waals surface area contributed by atoms with Crippen LogP contribution in [0.15, 0.2) is 0 Å². The number of quaternary nitrogens is 1. The molecule has 1 aliphatic heterocycles. The Kier molecular flexibility index (Phi) is 0.242. The van der Waals surface area contributed by atoms with Crippen LogP contribution in [0.4, 0.5) is 0 Å². The highest BCUT2D eigenvalue weighted by Gasteiger charge is 2.13. The topological polar surface area (TPSA) is 19.6 Å². The van der Waals surface area contributed by atoms with Gasteiger partial charge < -0.3 is 0 Å². The van der Waals surface area contributed by atoms with E-state index in [1.165, 1.54) is 6.67 Å². The van der Waals surface area contributed by atoms with Crippen molar-refractivity contribution in [1.29, 1.82) is 0 Å². The van der Waals surface area contributed by atoms with Crippen molar-refractivity contribution < 1.29 is 5.43 Å². The molecular formula is C2H7N2+. The Morgan fingerprint density at radius 1 is 2.00 bits per heavy atom. The van der Waals surface area contributed by atoms with E-state index in [-0.39, 0.29) is 0 Å². The molecule has 0 aromatic carbocycles. The number of hydrogen-bond acceptors (Lipinski definition) is 1. The van der Waals surface area contributed by atoms with Gasteiger partial charge in [-0.05, 0) is 0 Å². The number of nitrogens with two attached hydrogens (primary N) is 1. The van der Waals surface area contributed by atoms with Crippen LogP contribution in [0.1, 0.15) is 0 Å². The highest BCUT2D eigenvalue weighted by atomic mass is 15.7. The maximum atomic E-state index is 2.12. The summed E-state index contributed by atoms with van der Waals surface area (Å²) in [6.45, 7) is 1.19. The molecule has 0 saturated carbocycles. The van der Waals surface area contributed by atoms with Gasteiger partial charge in [0, 0.05) is 7.05 Å². The summed E-state index contributed by atoms with van der Waals surface area (Å²) < 4.78 is 0. The van der Waals surface area contributed by atoms with Crippen molar-refractivity contribution in [2.24, 2.45) is 0 Å². The highest BCUT2D eigenvalue weighted by Crippen LogP contribution is 1.60. The van der Waals surface area contributed by atoms with Crippen molar-refractivity contribution in [2.45, 2.75) is 0 Å². The second-order valence-electron chi connectivity index (χ2n) is 1.12. The van der Waals surface area contributed by atoms with Crippen molar-refractivity contribution in [3.63, 3.8) is 0 Å². The van der Waals surface area contributed by atoms with Gasteiger partial charge in [-0.15, -0.1) is 5.01 Å². The molecule has 1 unspecified atom stereocenters. The molecule has 4 heavy (non-hydrogen) atoms. The van der Waals surface area contributed by atoms with Crippen molar-refractivity contribution in [3.05, 3.63) is 0 Å². The third kappa shape index (κ3) is 0.191. The lowest BCUT2D eigenvalue weighted by Crippen LogP contribution is -2.60. The van der Waals surface area contributed by atoms with E-state index in [1.54, 1.807) is 0 Å². The molecule has 2 N–H and O–H groups in total. The Labute approximate surface area is 25.4 Å². The molecular weight excluding hydrogens is 52.0 g/mol. The van der Waals surface area contributed by atoms with Gasteiger partial charge in [0.2, 0.25) is 0 Å². The van der Waals surface area contributed by atoms with Gasteiger partial charge in [-0.2, -0.15) is 0 Å². The molecule has 2 heteroatoms. The first-order valence-electron chi connectivity index (χ1n) is 1.43. The Hall–Kier alpha value is -0.0800. The van der Waals surface area contributed by atoms with E-state index in [1.807, 2.05) is 0 Å². The summed E-state index contributed by atoms with van der Waals surface area (Å²) in [6, 6.07) is 0. The quantitative estimate of drug-likeness (QED) is 0.262. The third-order valence-electron chi connectivity index (χ3n) is 0.548. The molecule has 2 nitrogen and oxygen atoms in total. The van der Waals surface area contributed by atoms with E-state index in [9.17, 15) is 0 Å². The number of nitrogens with zero attached hydrogens (tertiary/aromatic N) is 1. The molecule has 1 atom stereocenters. The van der Waals surface area contributed by atoms with E-state index in [0.29, 0.717) is 0 Å². The van der Waals surface area contributed by atoms with E-state index in [0.717, 1.165) is 0 Å². The smallest absolute Gasteiger partial charge is 0.192 e. The molecule has 0 spiro atoms. The van der Waals surface area contributed by atoms with Crippen LogP contribution in [0, 0.1) is 0 Å². The summed E-state index contributed by atoms with van der Waals surface area (Å²) in [5.41, 5.74) is 2.12. The zero-order chi connectivity index (χ0) is 2.99. The molecule has 1 fully saturated rings. The summed E-state index contributed by atoms with van der Waals surface area (Å²) in [6.07, 6.45) is 0. The Bertz CT molecular complexity index is 23.2. The first-order chi connectivity index (χ1) is 1.89. The molecule has 1 aliphatic rings. The maximum absolute atomic E-state index is 2.12. The number of rotatable bonds is 0. The van der Waals surface area contributed by atoms with E-state index in [4.69, 9.17) is 0 Å². The van der Waals surface area contributed by atoms with Gasteiger partial charge in [0.15, 0.2) is 6.67 Å². The Morgan fingerprint density at radius 2 is 2.25 bits per heavy atom. The predicted molar refractivity (Wildman–Crippen MR) is 14.6 cm³/mol. The molecule has 1 rings (SSSR count). The van der Waals surface area contributed by atoms with Crippen LogP contribution < -0.4 is 5.43 Å².